The maximum atomic E-state index is 12.4. The van der Waals surface area contributed by atoms with Crippen LogP contribution >= 0.6 is 24.8 Å². The molecule has 2 rings (SSSR count). The van der Waals surface area contributed by atoms with Gasteiger partial charge in [-0.25, -0.2) is 4.98 Å². The van der Waals surface area contributed by atoms with E-state index in [-0.39, 0.29) is 54.5 Å². The number of rotatable bonds is 4. The van der Waals surface area contributed by atoms with Crippen LogP contribution in [-0.4, -0.2) is 40.8 Å². The van der Waals surface area contributed by atoms with Gasteiger partial charge in [0, 0.05) is 25.3 Å². The number of anilines is 1. The fourth-order valence-corrected chi connectivity index (χ4v) is 2.67. The van der Waals surface area contributed by atoms with Crippen molar-refractivity contribution in [1.29, 1.82) is 0 Å². The number of nitrogens with zero attached hydrogens (tertiary/aromatic N) is 2. The number of hydrogen-bond acceptors (Lipinski definition) is 4. The summed E-state index contributed by atoms with van der Waals surface area (Å²) in [5.41, 5.74) is 6.86. The zero-order valence-electron chi connectivity index (χ0n) is 14.9. The van der Waals surface area contributed by atoms with E-state index in [4.69, 9.17) is 5.73 Å². The second-order valence-electron chi connectivity index (χ2n) is 6.48. The molecular weight excluding hydrogens is 363 g/mol. The third-order valence-electron chi connectivity index (χ3n) is 4.44. The SMILES string of the molecule is Cc1ccc(NC(=O)C2CCCN(C(=O)C(C)C(C)N)C2)nc1.Cl.Cl. The Hall–Kier alpha value is -1.37. The highest BCUT2D eigenvalue weighted by Gasteiger charge is 2.31. The van der Waals surface area contributed by atoms with Gasteiger partial charge in [-0.1, -0.05) is 13.0 Å². The van der Waals surface area contributed by atoms with Gasteiger partial charge in [0.15, 0.2) is 0 Å². The molecule has 1 aliphatic rings. The number of carbonyl (C=O) groups is 2. The average Bonchev–Trinajstić information content (AvgIpc) is 2.55. The third-order valence-corrected chi connectivity index (χ3v) is 4.44. The lowest BCUT2D eigenvalue weighted by atomic mass is 9.94. The Morgan fingerprint density at radius 2 is 2.00 bits per heavy atom. The highest BCUT2D eigenvalue weighted by molar-refractivity contribution is 5.92. The summed E-state index contributed by atoms with van der Waals surface area (Å²) in [6.07, 6.45) is 3.33. The molecule has 0 saturated carbocycles. The first-order chi connectivity index (χ1) is 10.9. The van der Waals surface area contributed by atoms with Gasteiger partial charge in [0.2, 0.25) is 11.8 Å². The number of amides is 2. The van der Waals surface area contributed by atoms with Crippen molar-refractivity contribution in [2.75, 3.05) is 18.4 Å². The zero-order chi connectivity index (χ0) is 17.0. The van der Waals surface area contributed by atoms with Gasteiger partial charge in [-0.05, 0) is 38.3 Å². The van der Waals surface area contributed by atoms with E-state index in [0.717, 1.165) is 18.4 Å². The van der Waals surface area contributed by atoms with Gasteiger partial charge in [0.1, 0.15) is 5.82 Å². The van der Waals surface area contributed by atoms with Gasteiger partial charge in [0.25, 0.3) is 0 Å². The molecule has 0 aliphatic carbocycles. The highest BCUT2D eigenvalue weighted by atomic mass is 35.5. The highest BCUT2D eigenvalue weighted by Crippen LogP contribution is 2.20. The van der Waals surface area contributed by atoms with Gasteiger partial charge in [-0.15, -0.1) is 24.8 Å². The van der Waals surface area contributed by atoms with E-state index in [0.29, 0.717) is 18.9 Å². The van der Waals surface area contributed by atoms with E-state index in [1.54, 1.807) is 17.2 Å². The third kappa shape index (κ3) is 6.45. The lowest BCUT2D eigenvalue weighted by Crippen LogP contribution is -2.48. The number of carbonyl (C=O) groups excluding carboxylic acids is 2. The number of aryl methyl sites for hydroxylation is 1. The Morgan fingerprint density at radius 1 is 1.32 bits per heavy atom. The maximum absolute atomic E-state index is 12.4. The Labute approximate surface area is 161 Å². The van der Waals surface area contributed by atoms with Gasteiger partial charge in [0.05, 0.1) is 11.8 Å². The Balaban J connectivity index is 0.00000288. The molecule has 8 heteroatoms. The topological polar surface area (TPSA) is 88.3 Å². The normalized spacial score (nSPS) is 19.0. The summed E-state index contributed by atoms with van der Waals surface area (Å²) >= 11 is 0. The van der Waals surface area contributed by atoms with Crippen LogP contribution in [0.25, 0.3) is 0 Å². The number of likely N-dealkylation sites (tertiary alicyclic amines) is 1. The van der Waals surface area contributed by atoms with E-state index in [9.17, 15) is 9.59 Å². The summed E-state index contributed by atoms with van der Waals surface area (Å²) in [5, 5.41) is 2.84. The number of halogens is 2. The van der Waals surface area contributed by atoms with Crippen molar-refractivity contribution < 1.29 is 9.59 Å². The number of nitrogens with one attached hydrogen (secondary N) is 1. The van der Waals surface area contributed by atoms with E-state index in [2.05, 4.69) is 10.3 Å². The lowest BCUT2D eigenvalue weighted by molar-refractivity contribution is -0.138. The summed E-state index contributed by atoms with van der Waals surface area (Å²) in [6, 6.07) is 3.51. The first kappa shape index (κ1) is 23.6. The minimum atomic E-state index is -0.226. The zero-order valence-corrected chi connectivity index (χ0v) is 16.5. The molecule has 2 heterocycles. The molecule has 0 spiro atoms. The van der Waals surface area contributed by atoms with Crippen molar-refractivity contribution in [2.45, 2.75) is 39.7 Å². The molecule has 1 aromatic heterocycles. The molecule has 6 nitrogen and oxygen atoms in total. The van der Waals surface area contributed by atoms with Crippen LogP contribution in [-0.2, 0) is 9.59 Å². The largest absolute Gasteiger partial charge is 0.342 e. The number of hydrogen-bond donors (Lipinski definition) is 2. The van der Waals surface area contributed by atoms with Crippen molar-refractivity contribution in [3.05, 3.63) is 23.9 Å². The summed E-state index contributed by atoms with van der Waals surface area (Å²) in [5.74, 6) is 0.0814. The fourth-order valence-electron chi connectivity index (χ4n) is 2.67. The monoisotopic (exact) mass is 390 g/mol. The van der Waals surface area contributed by atoms with Crippen LogP contribution < -0.4 is 11.1 Å². The molecule has 1 aliphatic heterocycles. The van der Waals surface area contributed by atoms with E-state index in [1.165, 1.54) is 0 Å². The van der Waals surface area contributed by atoms with Crippen LogP contribution in [0.15, 0.2) is 18.3 Å². The molecule has 1 aromatic rings. The van der Waals surface area contributed by atoms with Gasteiger partial charge < -0.3 is 16.0 Å². The molecular formula is C17H28Cl2N4O2. The first-order valence-electron chi connectivity index (χ1n) is 8.16. The average molecular weight is 391 g/mol. The minimum Gasteiger partial charge on any atom is -0.342 e. The summed E-state index contributed by atoms with van der Waals surface area (Å²) in [6.45, 7) is 6.77. The summed E-state index contributed by atoms with van der Waals surface area (Å²) < 4.78 is 0. The number of piperidine rings is 1. The maximum Gasteiger partial charge on any atom is 0.230 e. The molecule has 142 valence electrons. The second kappa shape index (κ2) is 10.6. The number of nitrogens with two attached hydrogens (primary N) is 1. The van der Waals surface area contributed by atoms with E-state index >= 15 is 0 Å². The van der Waals surface area contributed by atoms with Crippen LogP contribution in [0.5, 0.6) is 0 Å². The molecule has 3 atom stereocenters. The molecule has 0 aromatic carbocycles. The summed E-state index contributed by atoms with van der Waals surface area (Å²) in [7, 11) is 0. The first-order valence-corrected chi connectivity index (χ1v) is 8.16. The van der Waals surface area contributed by atoms with Crippen LogP contribution in [0, 0.1) is 18.8 Å². The van der Waals surface area contributed by atoms with Crippen LogP contribution in [0.3, 0.4) is 0 Å². The quantitative estimate of drug-likeness (QED) is 0.825. The standard InChI is InChI=1S/C17H26N4O2.2ClH/c1-11-6-7-15(19-9-11)20-16(22)14-5-4-8-21(10-14)17(23)12(2)13(3)18;;/h6-7,9,12-14H,4-5,8,10,18H2,1-3H3,(H,19,20,22);2*1H. The van der Waals surface area contributed by atoms with E-state index < -0.39 is 0 Å². The van der Waals surface area contributed by atoms with Gasteiger partial charge in [-0.3, -0.25) is 9.59 Å². The second-order valence-corrected chi connectivity index (χ2v) is 6.48. The lowest BCUT2D eigenvalue weighted by Gasteiger charge is -2.34. The van der Waals surface area contributed by atoms with Crippen LogP contribution in [0.4, 0.5) is 5.82 Å². The van der Waals surface area contributed by atoms with Gasteiger partial charge in [-0.2, -0.15) is 0 Å². The fraction of sp³-hybridized carbons (Fsp3) is 0.588. The van der Waals surface area contributed by atoms with Crippen molar-refractivity contribution >= 4 is 42.4 Å². The van der Waals surface area contributed by atoms with Crippen molar-refractivity contribution in [1.82, 2.24) is 9.88 Å². The number of aromatic nitrogens is 1. The Bertz CT molecular complexity index is 566. The van der Waals surface area contributed by atoms with Crippen LogP contribution in [0.2, 0.25) is 0 Å². The van der Waals surface area contributed by atoms with Crippen molar-refractivity contribution in [2.24, 2.45) is 17.6 Å². The molecule has 0 radical (unpaired) electrons. The molecule has 1 fully saturated rings. The van der Waals surface area contributed by atoms with E-state index in [1.807, 2.05) is 26.8 Å². The van der Waals surface area contributed by atoms with Crippen LogP contribution in [0.1, 0.15) is 32.3 Å². The van der Waals surface area contributed by atoms with Gasteiger partial charge >= 0.3 is 0 Å². The molecule has 1 saturated heterocycles. The Kier molecular flexibility index (Phi) is 10.0. The summed E-state index contributed by atoms with van der Waals surface area (Å²) in [4.78, 5) is 30.8. The predicted molar refractivity (Wildman–Crippen MR) is 104 cm³/mol. The predicted octanol–water partition coefficient (Wildman–Crippen LogP) is 2.39. The van der Waals surface area contributed by atoms with Crippen molar-refractivity contribution in [3.8, 4) is 0 Å². The molecule has 3 unspecified atom stereocenters. The molecule has 0 bridgehead atoms. The molecule has 3 N–H and O–H groups in total. The minimum absolute atomic E-state index is 0. The number of pyridine rings is 1. The Morgan fingerprint density at radius 3 is 2.56 bits per heavy atom. The molecule has 25 heavy (non-hydrogen) atoms. The van der Waals surface area contributed by atoms with Crippen molar-refractivity contribution in [3.63, 3.8) is 0 Å². The molecule has 2 amide bonds. The smallest absolute Gasteiger partial charge is 0.230 e.